The Kier molecular flexibility index (Phi) is 4.77. The number of hydrogen-bond donors (Lipinski definition) is 2. The van der Waals surface area contributed by atoms with Gasteiger partial charge in [-0.25, -0.2) is 0 Å². The molecule has 0 spiro atoms. The number of hydrogen-bond acceptors (Lipinski definition) is 5. The maximum absolute atomic E-state index is 6.02. The molecule has 5 heteroatoms. The number of nitrogens with two attached hydrogens (primary N) is 1. The molecule has 0 radical (unpaired) electrons. The Morgan fingerprint density at radius 3 is 2.19 bits per heavy atom. The van der Waals surface area contributed by atoms with E-state index in [0.717, 1.165) is 17.1 Å². The SMILES string of the molecule is CCOc1ccc(Nc2cc(OC)c(OC)cc2N)cc1. The largest absolute Gasteiger partial charge is 0.494 e. The second-order valence-electron chi connectivity index (χ2n) is 4.38. The smallest absolute Gasteiger partial charge is 0.162 e. The Labute approximate surface area is 124 Å². The summed E-state index contributed by atoms with van der Waals surface area (Å²) in [7, 11) is 3.17. The van der Waals surface area contributed by atoms with E-state index in [0.29, 0.717) is 23.8 Å². The van der Waals surface area contributed by atoms with Gasteiger partial charge in [0.25, 0.3) is 0 Å². The van der Waals surface area contributed by atoms with E-state index < -0.39 is 0 Å². The molecule has 0 aliphatic carbocycles. The van der Waals surface area contributed by atoms with E-state index in [-0.39, 0.29) is 0 Å². The number of methoxy groups -OCH3 is 2. The molecule has 0 saturated heterocycles. The van der Waals surface area contributed by atoms with E-state index in [2.05, 4.69) is 5.32 Å². The van der Waals surface area contributed by atoms with Gasteiger partial charge in [-0.15, -0.1) is 0 Å². The summed E-state index contributed by atoms with van der Waals surface area (Å²) < 4.78 is 15.9. The van der Waals surface area contributed by atoms with Crippen molar-refractivity contribution in [2.75, 3.05) is 31.9 Å². The van der Waals surface area contributed by atoms with E-state index in [1.807, 2.05) is 37.3 Å². The van der Waals surface area contributed by atoms with Crippen LogP contribution in [0, 0.1) is 0 Å². The molecule has 3 N–H and O–H groups in total. The molecule has 2 aromatic carbocycles. The fraction of sp³-hybridized carbons (Fsp3) is 0.250. The molecule has 112 valence electrons. The highest BCUT2D eigenvalue weighted by Gasteiger charge is 2.09. The normalized spacial score (nSPS) is 10.0. The number of benzene rings is 2. The molecule has 0 atom stereocenters. The van der Waals surface area contributed by atoms with Crippen molar-refractivity contribution in [2.45, 2.75) is 6.92 Å². The Balaban J connectivity index is 2.22. The van der Waals surface area contributed by atoms with Gasteiger partial charge in [-0.1, -0.05) is 0 Å². The molecule has 0 saturated carbocycles. The van der Waals surface area contributed by atoms with Gasteiger partial charge < -0.3 is 25.3 Å². The van der Waals surface area contributed by atoms with Crippen molar-refractivity contribution in [1.29, 1.82) is 0 Å². The molecule has 0 aromatic heterocycles. The van der Waals surface area contributed by atoms with E-state index in [4.69, 9.17) is 19.9 Å². The van der Waals surface area contributed by atoms with Crippen LogP contribution in [0.4, 0.5) is 17.1 Å². The zero-order valence-electron chi connectivity index (χ0n) is 12.5. The molecular formula is C16H20N2O3. The van der Waals surface area contributed by atoms with Gasteiger partial charge in [0.1, 0.15) is 5.75 Å². The standard InChI is InChI=1S/C16H20N2O3/c1-4-21-12-7-5-11(6-8-12)18-14-10-16(20-3)15(19-2)9-13(14)17/h5-10,18H,4,17H2,1-3H3. The highest BCUT2D eigenvalue weighted by molar-refractivity contribution is 5.76. The lowest BCUT2D eigenvalue weighted by molar-refractivity contribution is 0.340. The zero-order chi connectivity index (χ0) is 15.2. The third-order valence-corrected chi connectivity index (χ3v) is 3.00. The first kappa shape index (κ1) is 14.8. The lowest BCUT2D eigenvalue weighted by Gasteiger charge is -2.14. The zero-order valence-corrected chi connectivity index (χ0v) is 12.5. The summed E-state index contributed by atoms with van der Waals surface area (Å²) in [4.78, 5) is 0. The van der Waals surface area contributed by atoms with Gasteiger partial charge in [0.2, 0.25) is 0 Å². The van der Waals surface area contributed by atoms with Crippen LogP contribution in [0.5, 0.6) is 17.2 Å². The maximum Gasteiger partial charge on any atom is 0.162 e. The number of nitrogens with one attached hydrogen (secondary N) is 1. The molecule has 2 aromatic rings. The summed E-state index contributed by atoms with van der Waals surface area (Å²) in [5, 5.41) is 3.25. The molecular weight excluding hydrogens is 268 g/mol. The maximum atomic E-state index is 6.02. The van der Waals surface area contributed by atoms with Gasteiger partial charge in [0, 0.05) is 17.8 Å². The third kappa shape index (κ3) is 3.51. The number of rotatable bonds is 6. The van der Waals surface area contributed by atoms with E-state index in [9.17, 15) is 0 Å². The lowest BCUT2D eigenvalue weighted by Crippen LogP contribution is -1.99. The molecule has 21 heavy (non-hydrogen) atoms. The molecule has 0 aliphatic rings. The van der Waals surface area contributed by atoms with Crippen molar-refractivity contribution >= 4 is 17.1 Å². The van der Waals surface area contributed by atoms with Crippen molar-refractivity contribution in [3.8, 4) is 17.2 Å². The van der Waals surface area contributed by atoms with E-state index >= 15 is 0 Å². The molecule has 2 rings (SSSR count). The summed E-state index contributed by atoms with van der Waals surface area (Å²) in [6.07, 6.45) is 0. The van der Waals surface area contributed by atoms with Crippen molar-refractivity contribution in [1.82, 2.24) is 0 Å². The van der Waals surface area contributed by atoms with Gasteiger partial charge >= 0.3 is 0 Å². The minimum atomic E-state index is 0.585. The fourth-order valence-corrected chi connectivity index (χ4v) is 1.96. The van der Waals surface area contributed by atoms with Crippen molar-refractivity contribution in [3.63, 3.8) is 0 Å². The summed E-state index contributed by atoms with van der Waals surface area (Å²) in [6.45, 7) is 2.60. The van der Waals surface area contributed by atoms with Crippen molar-refractivity contribution in [2.24, 2.45) is 0 Å². The van der Waals surface area contributed by atoms with Crippen LogP contribution in [0.25, 0.3) is 0 Å². The summed E-state index contributed by atoms with van der Waals surface area (Å²) in [5.74, 6) is 2.07. The van der Waals surface area contributed by atoms with Crippen LogP contribution in [0.1, 0.15) is 6.92 Å². The van der Waals surface area contributed by atoms with Crippen LogP contribution in [0.15, 0.2) is 36.4 Å². The Bertz CT molecular complexity index is 597. The highest BCUT2D eigenvalue weighted by Crippen LogP contribution is 2.36. The monoisotopic (exact) mass is 288 g/mol. The quantitative estimate of drug-likeness (QED) is 0.797. The number of nitrogen functional groups attached to an aromatic ring is 1. The van der Waals surface area contributed by atoms with Crippen LogP contribution >= 0.6 is 0 Å². The van der Waals surface area contributed by atoms with Crippen molar-refractivity contribution < 1.29 is 14.2 Å². The Hall–Kier alpha value is -2.56. The molecule has 0 bridgehead atoms. The molecule has 5 nitrogen and oxygen atoms in total. The number of ether oxygens (including phenoxy) is 3. The molecule has 0 heterocycles. The lowest BCUT2D eigenvalue weighted by atomic mass is 10.2. The topological polar surface area (TPSA) is 65.7 Å². The average Bonchev–Trinajstić information content (AvgIpc) is 2.51. The predicted molar refractivity (Wildman–Crippen MR) is 84.9 cm³/mol. The van der Waals surface area contributed by atoms with E-state index in [1.165, 1.54) is 0 Å². The summed E-state index contributed by atoms with van der Waals surface area (Å²) in [5.41, 5.74) is 8.28. The highest BCUT2D eigenvalue weighted by atomic mass is 16.5. The van der Waals surface area contributed by atoms with Crippen LogP contribution in [0.3, 0.4) is 0 Å². The fourth-order valence-electron chi connectivity index (χ4n) is 1.96. The Morgan fingerprint density at radius 2 is 1.62 bits per heavy atom. The Morgan fingerprint density at radius 1 is 1.00 bits per heavy atom. The van der Waals surface area contributed by atoms with Gasteiger partial charge in [0.15, 0.2) is 11.5 Å². The predicted octanol–water partition coefficient (Wildman–Crippen LogP) is 3.43. The second kappa shape index (κ2) is 6.74. The van der Waals surface area contributed by atoms with Crippen LogP contribution in [-0.2, 0) is 0 Å². The van der Waals surface area contributed by atoms with Crippen molar-refractivity contribution in [3.05, 3.63) is 36.4 Å². The first-order valence-electron chi connectivity index (χ1n) is 6.69. The van der Waals surface area contributed by atoms with Crippen LogP contribution in [-0.4, -0.2) is 20.8 Å². The molecule has 0 amide bonds. The van der Waals surface area contributed by atoms with Gasteiger partial charge in [-0.2, -0.15) is 0 Å². The average molecular weight is 288 g/mol. The van der Waals surface area contributed by atoms with E-state index in [1.54, 1.807) is 20.3 Å². The second-order valence-corrected chi connectivity index (χ2v) is 4.38. The summed E-state index contributed by atoms with van der Waals surface area (Å²) >= 11 is 0. The molecule has 0 fully saturated rings. The van der Waals surface area contributed by atoms with Gasteiger partial charge in [-0.05, 0) is 31.2 Å². The minimum absolute atomic E-state index is 0.585. The third-order valence-electron chi connectivity index (χ3n) is 3.00. The number of anilines is 3. The summed E-state index contributed by atoms with van der Waals surface area (Å²) in [6, 6.07) is 11.2. The van der Waals surface area contributed by atoms with Gasteiger partial charge in [-0.3, -0.25) is 0 Å². The first-order valence-corrected chi connectivity index (χ1v) is 6.69. The first-order chi connectivity index (χ1) is 10.2. The van der Waals surface area contributed by atoms with Gasteiger partial charge in [0.05, 0.1) is 32.2 Å². The molecule has 0 unspecified atom stereocenters. The minimum Gasteiger partial charge on any atom is -0.494 e. The molecule has 0 aliphatic heterocycles. The van der Waals surface area contributed by atoms with Crippen LogP contribution in [0.2, 0.25) is 0 Å². The van der Waals surface area contributed by atoms with Crippen LogP contribution < -0.4 is 25.3 Å².